The van der Waals surface area contributed by atoms with Crippen molar-refractivity contribution in [2.45, 2.75) is 38.8 Å². The molecule has 1 N–H and O–H groups in total. The van der Waals surface area contributed by atoms with Gasteiger partial charge in [-0.3, -0.25) is 4.90 Å². The average molecular weight is 219 g/mol. The molecule has 0 bridgehead atoms. The van der Waals surface area contributed by atoms with Crippen molar-refractivity contribution in [2.24, 2.45) is 0 Å². The zero-order valence-corrected chi connectivity index (χ0v) is 10.0. The third kappa shape index (κ3) is 2.83. The molecule has 2 heteroatoms. The summed E-state index contributed by atoms with van der Waals surface area (Å²) in [5.41, 5.74) is 2.66. The third-order valence-electron chi connectivity index (χ3n) is 3.48. The molecule has 1 aromatic rings. The summed E-state index contributed by atoms with van der Waals surface area (Å²) in [7, 11) is 0. The Morgan fingerprint density at radius 3 is 2.44 bits per heavy atom. The molecule has 1 aliphatic carbocycles. The van der Waals surface area contributed by atoms with Crippen molar-refractivity contribution < 1.29 is 5.11 Å². The molecule has 1 aliphatic rings. The van der Waals surface area contributed by atoms with Crippen LogP contribution in [0, 0.1) is 6.92 Å². The Kier molecular flexibility index (Phi) is 3.97. The highest BCUT2D eigenvalue weighted by Crippen LogP contribution is 2.25. The maximum Gasteiger partial charge on any atom is 0.0558 e. The first kappa shape index (κ1) is 11.6. The molecule has 2 rings (SSSR count). The number of aryl methyl sites for hydroxylation is 1. The van der Waals surface area contributed by atoms with E-state index in [1.807, 2.05) is 0 Å². The van der Waals surface area contributed by atoms with Crippen molar-refractivity contribution >= 4 is 0 Å². The second kappa shape index (κ2) is 5.46. The predicted octanol–water partition coefficient (Wildman–Crippen LogP) is 2.34. The standard InChI is InChI=1S/C14H21NO/c1-12-5-7-13(8-6-12)11-15(9-10-16)14-3-2-4-14/h5-8,14,16H,2-4,9-11H2,1H3. The molecule has 1 saturated carbocycles. The largest absolute Gasteiger partial charge is 0.395 e. The van der Waals surface area contributed by atoms with Gasteiger partial charge in [-0.25, -0.2) is 0 Å². The molecule has 16 heavy (non-hydrogen) atoms. The van der Waals surface area contributed by atoms with Gasteiger partial charge in [-0.05, 0) is 25.3 Å². The van der Waals surface area contributed by atoms with E-state index < -0.39 is 0 Å². The lowest BCUT2D eigenvalue weighted by Crippen LogP contribution is -2.41. The Morgan fingerprint density at radius 1 is 1.25 bits per heavy atom. The summed E-state index contributed by atoms with van der Waals surface area (Å²) >= 11 is 0. The number of aliphatic hydroxyl groups is 1. The first-order valence-corrected chi connectivity index (χ1v) is 6.20. The van der Waals surface area contributed by atoms with E-state index in [2.05, 4.69) is 36.1 Å². The van der Waals surface area contributed by atoms with Gasteiger partial charge in [0.1, 0.15) is 0 Å². The molecule has 88 valence electrons. The van der Waals surface area contributed by atoms with Crippen LogP contribution in [-0.4, -0.2) is 29.2 Å². The number of hydrogen-bond donors (Lipinski definition) is 1. The van der Waals surface area contributed by atoms with Gasteiger partial charge in [0.25, 0.3) is 0 Å². The second-order valence-corrected chi connectivity index (χ2v) is 4.76. The van der Waals surface area contributed by atoms with E-state index in [4.69, 9.17) is 5.11 Å². The molecule has 0 heterocycles. The molecule has 0 amide bonds. The number of hydrogen-bond acceptors (Lipinski definition) is 2. The number of benzene rings is 1. The molecule has 1 fully saturated rings. The molecule has 0 aromatic heterocycles. The minimum atomic E-state index is 0.266. The highest BCUT2D eigenvalue weighted by molar-refractivity contribution is 5.21. The Balaban J connectivity index is 1.96. The van der Waals surface area contributed by atoms with Crippen LogP contribution in [0.2, 0.25) is 0 Å². The highest BCUT2D eigenvalue weighted by Gasteiger charge is 2.24. The Hall–Kier alpha value is -0.860. The average Bonchev–Trinajstić information content (AvgIpc) is 2.19. The van der Waals surface area contributed by atoms with E-state index in [-0.39, 0.29) is 6.61 Å². The number of aliphatic hydroxyl groups excluding tert-OH is 1. The fraction of sp³-hybridized carbons (Fsp3) is 0.571. The molecule has 0 spiro atoms. The Labute approximate surface area is 97.9 Å². The van der Waals surface area contributed by atoms with Crippen LogP contribution in [0.4, 0.5) is 0 Å². The lowest BCUT2D eigenvalue weighted by atomic mass is 9.91. The SMILES string of the molecule is Cc1ccc(CN(CCO)C2CCC2)cc1. The van der Waals surface area contributed by atoms with Gasteiger partial charge in [0.15, 0.2) is 0 Å². The minimum absolute atomic E-state index is 0.266. The summed E-state index contributed by atoms with van der Waals surface area (Å²) in [5.74, 6) is 0. The maximum atomic E-state index is 9.09. The van der Waals surface area contributed by atoms with Gasteiger partial charge in [0, 0.05) is 19.1 Å². The Bertz CT molecular complexity index is 316. The lowest BCUT2D eigenvalue weighted by Gasteiger charge is -2.37. The molecule has 0 atom stereocenters. The third-order valence-corrected chi connectivity index (χ3v) is 3.48. The van der Waals surface area contributed by atoms with Gasteiger partial charge in [-0.15, -0.1) is 0 Å². The van der Waals surface area contributed by atoms with E-state index in [9.17, 15) is 0 Å². The summed E-state index contributed by atoms with van der Waals surface area (Å²) in [4.78, 5) is 2.41. The number of rotatable bonds is 5. The molecular weight excluding hydrogens is 198 g/mol. The summed E-state index contributed by atoms with van der Waals surface area (Å²) in [5, 5.41) is 9.09. The molecule has 1 aromatic carbocycles. The van der Waals surface area contributed by atoms with E-state index >= 15 is 0 Å². The predicted molar refractivity (Wildman–Crippen MR) is 66.3 cm³/mol. The van der Waals surface area contributed by atoms with E-state index in [1.54, 1.807) is 0 Å². The highest BCUT2D eigenvalue weighted by atomic mass is 16.3. The van der Waals surface area contributed by atoms with Crippen LogP contribution in [-0.2, 0) is 6.54 Å². The number of nitrogens with zero attached hydrogens (tertiary/aromatic N) is 1. The first-order chi connectivity index (χ1) is 7.79. The van der Waals surface area contributed by atoms with Crippen LogP contribution in [0.1, 0.15) is 30.4 Å². The van der Waals surface area contributed by atoms with Gasteiger partial charge in [0.05, 0.1) is 6.61 Å². The van der Waals surface area contributed by atoms with Gasteiger partial charge in [-0.1, -0.05) is 36.2 Å². The van der Waals surface area contributed by atoms with Crippen LogP contribution >= 0.6 is 0 Å². The van der Waals surface area contributed by atoms with E-state index in [0.29, 0.717) is 6.04 Å². The van der Waals surface area contributed by atoms with Crippen LogP contribution in [0.5, 0.6) is 0 Å². The van der Waals surface area contributed by atoms with Crippen molar-refractivity contribution in [1.82, 2.24) is 4.90 Å². The molecule has 0 unspecified atom stereocenters. The minimum Gasteiger partial charge on any atom is -0.395 e. The second-order valence-electron chi connectivity index (χ2n) is 4.76. The van der Waals surface area contributed by atoms with Crippen LogP contribution in [0.15, 0.2) is 24.3 Å². The molecule has 2 nitrogen and oxygen atoms in total. The van der Waals surface area contributed by atoms with Gasteiger partial charge >= 0.3 is 0 Å². The summed E-state index contributed by atoms with van der Waals surface area (Å²) < 4.78 is 0. The first-order valence-electron chi connectivity index (χ1n) is 6.20. The quantitative estimate of drug-likeness (QED) is 0.821. The zero-order chi connectivity index (χ0) is 11.4. The monoisotopic (exact) mass is 219 g/mol. The molecule has 0 aliphatic heterocycles. The Morgan fingerprint density at radius 2 is 1.94 bits per heavy atom. The molecule has 0 radical (unpaired) electrons. The zero-order valence-electron chi connectivity index (χ0n) is 10.0. The normalized spacial score (nSPS) is 16.4. The van der Waals surface area contributed by atoms with Crippen molar-refractivity contribution in [3.8, 4) is 0 Å². The van der Waals surface area contributed by atoms with Crippen LogP contribution < -0.4 is 0 Å². The topological polar surface area (TPSA) is 23.5 Å². The van der Waals surface area contributed by atoms with E-state index in [1.165, 1.54) is 30.4 Å². The van der Waals surface area contributed by atoms with Crippen LogP contribution in [0.3, 0.4) is 0 Å². The van der Waals surface area contributed by atoms with Crippen molar-refractivity contribution in [3.63, 3.8) is 0 Å². The van der Waals surface area contributed by atoms with Gasteiger partial charge in [-0.2, -0.15) is 0 Å². The van der Waals surface area contributed by atoms with E-state index in [0.717, 1.165) is 13.1 Å². The van der Waals surface area contributed by atoms with Crippen molar-refractivity contribution in [1.29, 1.82) is 0 Å². The van der Waals surface area contributed by atoms with Crippen molar-refractivity contribution in [3.05, 3.63) is 35.4 Å². The molecule has 0 saturated heterocycles. The fourth-order valence-corrected chi connectivity index (χ4v) is 2.20. The fourth-order valence-electron chi connectivity index (χ4n) is 2.20. The summed E-state index contributed by atoms with van der Waals surface area (Å²) in [6.07, 6.45) is 3.94. The molecular formula is C14H21NO. The smallest absolute Gasteiger partial charge is 0.0558 e. The van der Waals surface area contributed by atoms with Crippen molar-refractivity contribution in [2.75, 3.05) is 13.2 Å². The summed E-state index contributed by atoms with van der Waals surface area (Å²) in [6, 6.07) is 9.41. The van der Waals surface area contributed by atoms with Gasteiger partial charge < -0.3 is 5.11 Å². The lowest BCUT2D eigenvalue weighted by molar-refractivity contribution is 0.0945. The van der Waals surface area contributed by atoms with Gasteiger partial charge in [0.2, 0.25) is 0 Å². The summed E-state index contributed by atoms with van der Waals surface area (Å²) in [6.45, 7) is 4.16. The maximum absolute atomic E-state index is 9.09. The van der Waals surface area contributed by atoms with Crippen LogP contribution in [0.25, 0.3) is 0 Å².